The minimum Gasteiger partial charge on any atom is -0.481 e. The monoisotopic (exact) mass is 1220 g/mol. The minimum absolute atomic E-state index is 0.00520. The van der Waals surface area contributed by atoms with Crippen molar-refractivity contribution in [1.29, 1.82) is 0 Å². The third-order valence-electron chi connectivity index (χ3n) is 14.3. The van der Waals surface area contributed by atoms with Crippen LogP contribution in [0.25, 0.3) is 0 Å². The third-order valence-corrected chi connectivity index (χ3v) is 17.4. The fourth-order valence-corrected chi connectivity index (χ4v) is 12.4. The molecular formula is C59H93N5O16S3. The summed E-state index contributed by atoms with van der Waals surface area (Å²) in [6.07, 6.45) is 4.48. The zero-order valence-electron chi connectivity index (χ0n) is 50.7. The molecule has 24 heteroatoms. The Bertz CT molecular complexity index is 2320. The zero-order valence-corrected chi connectivity index (χ0v) is 53.2. The number of ether oxygens (including phenoxy) is 5. The molecule has 0 fully saturated rings. The Kier molecular flexibility index (Phi) is 36.0. The van der Waals surface area contributed by atoms with Crippen molar-refractivity contribution in [3.8, 4) is 0 Å². The van der Waals surface area contributed by atoms with Crippen molar-refractivity contribution in [3.63, 3.8) is 0 Å². The van der Waals surface area contributed by atoms with Crippen LogP contribution in [-0.2, 0) is 68.5 Å². The number of ketones is 2. The van der Waals surface area contributed by atoms with Crippen LogP contribution in [0, 0.1) is 29.6 Å². The molecule has 0 bridgehead atoms. The lowest BCUT2D eigenvalue weighted by molar-refractivity contribution is -0.150. The lowest BCUT2D eigenvalue weighted by Crippen LogP contribution is -2.49. The van der Waals surface area contributed by atoms with E-state index in [1.54, 1.807) is 43.8 Å². The van der Waals surface area contributed by atoms with Crippen LogP contribution in [0.1, 0.15) is 134 Å². The number of nitrogens with one attached hydrogen (secondary N) is 2. The fourth-order valence-electron chi connectivity index (χ4n) is 9.45. The number of amides is 4. The second-order valence-corrected chi connectivity index (χ2v) is 24.2. The Morgan fingerprint density at radius 3 is 1.88 bits per heavy atom. The first-order valence-corrected chi connectivity index (χ1v) is 32.0. The van der Waals surface area contributed by atoms with E-state index in [0.717, 1.165) is 16.9 Å². The molecule has 2 rings (SSSR count). The Balaban J connectivity index is 1.99. The van der Waals surface area contributed by atoms with E-state index < -0.39 is 70.4 Å². The fraction of sp³-hybridized carbons (Fsp3) is 0.695. The molecule has 4 amide bonds. The summed E-state index contributed by atoms with van der Waals surface area (Å²) in [4.78, 5) is 125. The SMILES string of the molecule is CC[C@H](C)[C@H](CC(=O)[C@H](C(C)C)N(C)C(=O)CCOCCOCCNC(=O)C(SC)C(SC)C(=O)CCCOCCOCCC(=O)O)C(=O)N(C)[C@H](C[C@@H](OC(C)=O)c1nc(C(=O)N[C@@H](Cc2ccccc2)CC(C)C(=O)O)cs1)C(C)C. The largest absolute Gasteiger partial charge is 0.481 e. The molecule has 21 nitrogen and oxygen atoms in total. The number of benzene rings is 1. The number of Topliss-reactive ketones (excluding diaryl/α,β-unsaturated/α-hetero) is 2. The van der Waals surface area contributed by atoms with E-state index in [9.17, 15) is 48.3 Å². The standard InChI is InChI=1S/C59H93N5O16S3/c1-13-39(6)44(58(73)63(9)46(37(2)3)35-49(80-41(8)65)57-62-45(36-83-57)55(71)61-43(32-40(7)59(74)75)33-42-18-15-14-16-19-42)34-48(67)52(38(4)5)64(10)50(68)21-25-77-30-31-79-27-23-60-56(72)54(82-12)53(81-11)47(66)20-17-24-76-28-29-78-26-22-51(69)70/h14-16,18-19,36-40,43-44,46,49,52-54H,13,17,20-35H2,1-12H3,(H,60,72)(H,61,71)(H,69,70)(H,74,75)/t39-,40?,43+,44-,46+,49+,52-,53?,54?/m0/s1. The predicted octanol–water partition coefficient (Wildman–Crippen LogP) is 7.04. The van der Waals surface area contributed by atoms with Crippen molar-refractivity contribution < 1.29 is 77.0 Å². The number of thioether (sulfide) groups is 2. The summed E-state index contributed by atoms with van der Waals surface area (Å²) in [5, 5.41) is 24.9. The molecule has 3 unspecified atom stereocenters. The van der Waals surface area contributed by atoms with E-state index in [-0.39, 0.29) is 144 Å². The molecule has 0 aliphatic rings. The molecule has 2 aromatic rings. The van der Waals surface area contributed by atoms with Gasteiger partial charge in [0.2, 0.25) is 17.7 Å². The van der Waals surface area contributed by atoms with Crippen LogP contribution in [-0.4, -0.2) is 193 Å². The molecule has 0 aliphatic heterocycles. The summed E-state index contributed by atoms with van der Waals surface area (Å²) in [6.45, 7) is 16.2. The molecule has 0 aliphatic carbocycles. The van der Waals surface area contributed by atoms with E-state index in [0.29, 0.717) is 30.9 Å². The minimum atomic E-state index is -0.977. The van der Waals surface area contributed by atoms with Gasteiger partial charge in [-0.2, -0.15) is 23.5 Å². The van der Waals surface area contributed by atoms with Crippen molar-refractivity contribution in [2.45, 2.75) is 148 Å². The number of carbonyl (C=O) groups is 9. The summed E-state index contributed by atoms with van der Waals surface area (Å²) in [5.41, 5.74) is 1.00. The highest BCUT2D eigenvalue weighted by Gasteiger charge is 2.39. The van der Waals surface area contributed by atoms with Crippen molar-refractivity contribution >= 4 is 88.0 Å². The Morgan fingerprint density at radius 2 is 1.33 bits per heavy atom. The van der Waals surface area contributed by atoms with Crippen molar-refractivity contribution in [2.24, 2.45) is 29.6 Å². The first-order chi connectivity index (χ1) is 39.4. The molecule has 83 heavy (non-hydrogen) atoms. The highest BCUT2D eigenvalue weighted by molar-refractivity contribution is 8.04. The van der Waals surface area contributed by atoms with E-state index in [1.807, 2.05) is 71.9 Å². The first kappa shape index (κ1) is 74.1. The van der Waals surface area contributed by atoms with Gasteiger partial charge in [0.05, 0.1) is 76.3 Å². The van der Waals surface area contributed by atoms with Gasteiger partial charge in [-0.05, 0) is 55.1 Å². The van der Waals surface area contributed by atoms with Crippen LogP contribution in [0.3, 0.4) is 0 Å². The third kappa shape index (κ3) is 27.3. The smallest absolute Gasteiger partial charge is 0.306 e. The Morgan fingerprint density at radius 1 is 0.723 bits per heavy atom. The summed E-state index contributed by atoms with van der Waals surface area (Å²) in [6, 6.07) is 7.59. The van der Waals surface area contributed by atoms with E-state index in [4.69, 9.17) is 28.8 Å². The van der Waals surface area contributed by atoms with Gasteiger partial charge < -0.3 is 54.3 Å². The molecule has 0 saturated carbocycles. The van der Waals surface area contributed by atoms with Crippen LogP contribution >= 0.6 is 34.9 Å². The molecular weight excluding hydrogens is 1130 g/mol. The Hall–Kier alpha value is -4.98. The van der Waals surface area contributed by atoms with Gasteiger partial charge in [-0.1, -0.05) is 85.2 Å². The number of aromatic nitrogens is 1. The van der Waals surface area contributed by atoms with Gasteiger partial charge in [0.15, 0.2) is 11.9 Å². The number of carboxylic acid groups (broad SMARTS) is 2. The summed E-state index contributed by atoms with van der Waals surface area (Å²) < 4.78 is 27.8. The lowest BCUT2D eigenvalue weighted by atomic mass is 9.82. The second kappa shape index (κ2) is 40.4. The number of thiazole rings is 1. The number of hydrogen-bond acceptors (Lipinski definition) is 18. The van der Waals surface area contributed by atoms with Crippen LogP contribution in [0.2, 0.25) is 0 Å². The number of carbonyl (C=O) groups excluding carboxylic acids is 7. The summed E-state index contributed by atoms with van der Waals surface area (Å²) >= 11 is 3.75. The van der Waals surface area contributed by atoms with Gasteiger partial charge in [-0.3, -0.25) is 43.2 Å². The van der Waals surface area contributed by atoms with Crippen LogP contribution in [0.15, 0.2) is 35.7 Å². The van der Waals surface area contributed by atoms with E-state index >= 15 is 0 Å². The predicted molar refractivity (Wildman–Crippen MR) is 321 cm³/mol. The molecule has 0 radical (unpaired) electrons. The quantitative estimate of drug-likeness (QED) is 0.0382. The molecule has 468 valence electrons. The lowest BCUT2D eigenvalue weighted by Gasteiger charge is -2.37. The molecule has 1 aromatic heterocycles. The van der Waals surface area contributed by atoms with Crippen molar-refractivity contribution in [2.75, 3.05) is 86.0 Å². The van der Waals surface area contributed by atoms with Gasteiger partial charge in [-0.25, -0.2) is 4.98 Å². The normalized spacial score (nSPS) is 14.8. The molecule has 0 saturated heterocycles. The number of rotatable bonds is 45. The number of aliphatic carboxylic acids is 2. The molecule has 1 heterocycles. The molecule has 4 N–H and O–H groups in total. The van der Waals surface area contributed by atoms with Gasteiger partial charge in [0.1, 0.15) is 21.7 Å². The summed E-state index contributed by atoms with van der Waals surface area (Å²) in [5.74, 6) is -6.26. The molecule has 9 atom stereocenters. The number of likely N-dealkylation sites (N-methyl/N-ethyl adjacent to an activating group) is 1. The highest BCUT2D eigenvalue weighted by atomic mass is 32.2. The number of hydrogen-bond donors (Lipinski definition) is 4. The number of esters is 1. The highest BCUT2D eigenvalue weighted by Crippen LogP contribution is 2.33. The van der Waals surface area contributed by atoms with Gasteiger partial charge >= 0.3 is 17.9 Å². The van der Waals surface area contributed by atoms with Crippen LogP contribution in [0.5, 0.6) is 0 Å². The zero-order chi connectivity index (χ0) is 62.2. The van der Waals surface area contributed by atoms with E-state index in [1.165, 1.54) is 35.3 Å². The molecule has 1 aromatic carbocycles. The van der Waals surface area contributed by atoms with Gasteiger partial charge in [0, 0.05) is 76.8 Å². The second-order valence-electron chi connectivity index (χ2n) is 21.4. The first-order valence-electron chi connectivity index (χ1n) is 28.5. The van der Waals surface area contributed by atoms with Crippen molar-refractivity contribution in [1.82, 2.24) is 25.4 Å². The molecule has 0 spiro atoms. The maximum atomic E-state index is 14.7. The van der Waals surface area contributed by atoms with E-state index in [2.05, 4.69) is 15.6 Å². The number of nitrogens with zero attached hydrogens (tertiary/aromatic N) is 3. The maximum absolute atomic E-state index is 14.7. The Labute approximate surface area is 503 Å². The van der Waals surface area contributed by atoms with Gasteiger partial charge in [-0.15, -0.1) is 11.3 Å². The van der Waals surface area contributed by atoms with Crippen molar-refractivity contribution in [3.05, 3.63) is 52.0 Å². The van der Waals surface area contributed by atoms with Crippen LogP contribution in [0.4, 0.5) is 0 Å². The average Bonchev–Trinajstić information content (AvgIpc) is 4.06. The van der Waals surface area contributed by atoms with Crippen LogP contribution < -0.4 is 10.6 Å². The topological polar surface area (TPSA) is 284 Å². The summed E-state index contributed by atoms with van der Waals surface area (Å²) in [7, 11) is 3.26. The number of carboxylic acids is 2. The van der Waals surface area contributed by atoms with Gasteiger partial charge in [0.25, 0.3) is 5.91 Å². The average molecular weight is 1220 g/mol. The maximum Gasteiger partial charge on any atom is 0.306 e.